The van der Waals surface area contributed by atoms with Crippen LogP contribution in [0.15, 0.2) is 28.7 Å². The molecule has 2 rings (SSSR count). The van der Waals surface area contributed by atoms with Crippen LogP contribution in [-0.2, 0) is 0 Å². The second-order valence-corrected chi connectivity index (χ2v) is 7.83. The van der Waals surface area contributed by atoms with Gasteiger partial charge in [-0.2, -0.15) is 0 Å². The van der Waals surface area contributed by atoms with Gasteiger partial charge in [-0.15, -0.1) is 0 Å². The smallest absolute Gasteiger partial charge is 0.0317 e. The third kappa shape index (κ3) is 2.75. The van der Waals surface area contributed by atoms with Crippen LogP contribution in [0.5, 0.6) is 0 Å². The van der Waals surface area contributed by atoms with Crippen LogP contribution in [0.3, 0.4) is 0 Å². The highest BCUT2D eigenvalue weighted by Crippen LogP contribution is 2.68. The zero-order chi connectivity index (χ0) is 14.3. The molecule has 0 spiro atoms. The van der Waals surface area contributed by atoms with Gasteiger partial charge in [0.05, 0.1) is 0 Å². The van der Waals surface area contributed by atoms with E-state index in [0.29, 0.717) is 16.9 Å². The minimum atomic E-state index is 0.470. The van der Waals surface area contributed by atoms with Crippen molar-refractivity contribution in [1.29, 1.82) is 0 Å². The van der Waals surface area contributed by atoms with E-state index in [-0.39, 0.29) is 0 Å². The van der Waals surface area contributed by atoms with Crippen LogP contribution in [0.4, 0.5) is 0 Å². The normalized spacial score (nSPS) is 22.2. The standard InChI is InChI=1S/C17H26BrN/c1-6-14(12-7-9-13(18)10-8-12)19-11-15-16(2,3)17(15,4)5/h7-10,14-15,19H,6,11H2,1-5H3. The molecule has 19 heavy (non-hydrogen) atoms. The first-order chi connectivity index (χ1) is 8.80. The number of hydrogen-bond acceptors (Lipinski definition) is 1. The van der Waals surface area contributed by atoms with Crippen LogP contribution in [0.1, 0.15) is 52.6 Å². The van der Waals surface area contributed by atoms with Crippen LogP contribution in [0, 0.1) is 16.7 Å². The van der Waals surface area contributed by atoms with Crippen molar-refractivity contribution in [3.8, 4) is 0 Å². The van der Waals surface area contributed by atoms with Gasteiger partial charge in [0.1, 0.15) is 0 Å². The van der Waals surface area contributed by atoms with Crippen molar-refractivity contribution in [2.45, 2.75) is 47.1 Å². The van der Waals surface area contributed by atoms with Crippen molar-refractivity contribution in [3.05, 3.63) is 34.3 Å². The first kappa shape index (κ1) is 15.1. The van der Waals surface area contributed by atoms with Gasteiger partial charge in [-0.3, -0.25) is 0 Å². The summed E-state index contributed by atoms with van der Waals surface area (Å²) in [7, 11) is 0. The summed E-state index contributed by atoms with van der Waals surface area (Å²) >= 11 is 3.50. The maximum Gasteiger partial charge on any atom is 0.0317 e. The molecular formula is C17H26BrN. The third-order valence-corrected chi connectivity index (χ3v) is 6.10. The Kier molecular flexibility index (Phi) is 4.13. The van der Waals surface area contributed by atoms with Crippen molar-refractivity contribution in [2.24, 2.45) is 16.7 Å². The maximum atomic E-state index is 3.76. The van der Waals surface area contributed by atoms with Crippen LogP contribution in [-0.4, -0.2) is 6.54 Å². The van der Waals surface area contributed by atoms with Gasteiger partial charge < -0.3 is 5.32 Å². The Morgan fingerprint density at radius 1 is 1.11 bits per heavy atom. The van der Waals surface area contributed by atoms with E-state index in [1.165, 1.54) is 5.56 Å². The largest absolute Gasteiger partial charge is 0.310 e. The van der Waals surface area contributed by atoms with Gasteiger partial charge in [0.15, 0.2) is 0 Å². The molecule has 1 aromatic carbocycles. The molecular weight excluding hydrogens is 298 g/mol. The highest BCUT2D eigenvalue weighted by Gasteiger charge is 2.63. The molecule has 1 aromatic rings. The van der Waals surface area contributed by atoms with Crippen molar-refractivity contribution in [2.75, 3.05) is 6.54 Å². The van der Waals surface area contributed by atoms with Gasteiger partial charge in [0, 0.05) is 10.5 Å². The van der Waals surface area contributed by atoms with E-state index < -0.39 is 0 Å². The molecule has 106 valence electrons. The van der Waals surface area contributed by atoms with Gasteiger partial charge in [0.2, 0.25) is 0 Å². The molecule has 0 aliphatic heterocycles. The Labute approximate surface area is 126 Å². The monoisotopic (exact) mass is 323 g/mol. The number of benzene rings is 1. The van der Waals surface area contributed by atoms with Crippen molar-refractivity contribution >= 4 is 15.9 Å². The maximum absolute atomic E-state index is 3.76. The van der Waals surface area contributed by atoms with Crippen molar-refractivity contribution < 1.29 is 0 Å². The SMILES string of the molecule is CCC(NCC1C(C)(C)C1(C)C)c1ccc(Br)cc1. The topological polar surface area (TPSA) is 12.0 Å². The average Bonchev–Trinajstić information content (AvgIpc) is 2.73. The van der Waals surface area contributed by atoms with Crippen LogP contribution < -0.4 is 5.32 Å². The van der Waals surface area contributed by atoms with Crippen LogP contribution in [0.2, 0.25) is 0 Å². The van der Waals surface area contributed by atoms with Gasteiger partial charge in [-0.05, 0) is 47.4 Å². The molecule has 2 heteroatoms. The fourth-order valence-electron chi connectivity index (χ4n) is 3.30. The average molecular weight is 324 g/mol. The fraction of sp³-hybridized carbons (Fsp3) is 0.647. The lowest BCUT2D eigenvalue weighted by molar-refractivity contribution is 0.457. The Bertz CT molecular complexity index is 419. The van der Waals surface area contributed by atoms with Gasteiger partial charge >= 0.3 is 0 Å². The number of rotatable bonds is 5. The molecule has 1 saturated carbocycles. The lowest BCUT2D eigenvalue weighted by atomic mass is 10.0. The van der Waals surface area contributed by atoms with E-state index in [1.807, 2.05) is 0 Å². The molecule has 1 N–H and O–H groups in total. The summed E-state index contributed by atoms with van der Waals surface area (Å²) in [6.07, 6.45) is 1.13. The van der Waals surface area contributed by atoms with Gasteiger partial charge in [0.25, 0.3) is 0 Å². The van der Waals surface area contributed by atoms with Gasteiger partial charge in [-0.25, -0.2) is 0 Å². The van der Waals surface area contributed by atoms with E-state index >= 15 is 0 Å². The zero-order valence-electron chi connectivity index (χ0n) is 12.8. The highest BCUT2D eigenvalue weighted by molar-refractivity contribution is 9.10. The predicted molar refractivity (Wildman–Crippen MR) is 86.2 cm³/mol. The van der Waals surface area contributed by atoms with E-state index in [4.69, 9.17) is 0 Å². The van der Waals surface area contributed by atoms with E-state index in [2.05, 4.69) is 80.1 Å². The Morgan fingerprint density at radius 3 is 2.05 bits per heavy atom. The predicted octanol–water partition coefficient (Wildman–Crippen LogP) is 5.17. The van der Waals surface area contributed by atoms with Crippen LogP contribution >= 0.6 is 15.9 Å². The molecule has 0 bridgehead atoms. The molecule has 1 atom stereocenters. The zero-order valence-corrected chi connectivity index (χ0v) is 14.3. The molecule has 0 heterocycles. The summed E-state index contributed by atoms with van der Waals surface area (Å²) in [6.45, 7) is 12.9. The number of hydrogen-bond donors (Lipinski definition) is 1. The summed E-state index contributed by atoms with van der Waals surface area (Å²) in [5.74, 6) is 0.782. The summed E-state index contributed by atoms with van der Waals surface area (Å²) in [5, 5.41) is 3.76. The Balaban J connectivity index is 1.96. The molecule has 0 aromatic heterocycles. The second-order valence-electron chi connectivity index (χ2n) is 6.92. The molecule has 1 nitrogen and oxygen atoms in total. The quantitative estimate of drug-likeness (QED) is 0.788. The van der Waals surface area contributed by atoms with E-state index in [1.54, 1.807) is 0 Å². The van der Waals surface area contributed by atoms with E-state index in [0.717, 1.165) is 23.4 Å². The van der Waals surface area contributed by atoms with Crippen LogP contribution in [0.25, 0.3) is 0 Å². The summed E-state index contributed by atoms with van der Waals surface area (Å²) < 4.78 is 1.15. The molecule has 0 radical (unpaired) electrons. The van der Waals surface area contributed by atoms with Gasteiger partial charge in [-0.1, -0.05) is 62.7 Å². The molecule has 1 aliphatic carbocycles. The third-order valence-electron chi connectivity index (χ3n) is 5.57. The highest BCUT2D eigenvalue weighted by atomic mass is 79.9. The second kappa shape index (κ2) is 5.21. The number of nitrogens with one attached hydrogen (secondary N) is 1. The molecule has 1 aliphatic rings. The minimum Gasteiger partial charge on any atom is -0.310 e. The van der Waals surface area contributed by atoms with Crippen molar-refractivity contribution in [1.82, 2.24) is 5.32 Å². The molecule has 1 fully saturated rings. The number of halogens is 1. The molecule has 1 unspecified atom stereocenters. The first-order valence-electron chi connectivity index (χ1n) is 7.29. The lowest BCUT2D eigenvalue weighted by Crippen LogP contribution is -2.24. The molecule has 0 amide bonds. The Morgan fingerprint density at radius 2 is 1.63 bits per heavy atom. The molecule has 0 saturated heterocycles. The summed E-state index contributed by atoms with van der Waals surface area (Å²) in [6, 6.07) is 9.17. The minimum absolute atomic E-state index is 0.470. The first-order valence-corrected chi connectivity index (χ1v) is 8.09. The Hall–Kier alpha value is -0.340. The lowest BCUT2D eigenvalue weighted by Gasteiger charge is -2.18. The summed E-state index contributed by atoms with van der Waals surface area (Å²) in [5.41, 5.74) is 2.33. The van der Waals surface area contributed by atoms with E-state index in [9.17, 15) is 0 Å². The summed E-state index contributed by atoms with van der Waals surface area (Å²) in [4.78, 5) is 0. The fourth-order valence-corrected chi connectivity index (χ4v) is 3.56. The van der Waals surface area contributed by atoms with Crippen molar-refractivity contribution in [3.63, 3.8) is 0 Å².